The van der Waals surface area contributed by atoms with Crippen molar-refractivity contribution < 1.29 is 14.3 Å². The quantitative estimate of drug-likeness (QED) is 0.734. The summed E-state index contributed by atoms with van der Waals surface area (Å²) in [6, 6.07) is 7.16. The lowest BCUT2D eigenvalue weighted by molar-refractivity contribution is 0.0937. The second kappa shape index (κ2) is 8.70. The topological polar surface area (TPSA) is 85.2 Å². The molecule has 3 rings (SSSR count). The monoisotopic (exact) mass is 370 g/mol. The van der Waals surface area contributed by atoms with E-state index in [1.165, 1.54) is 0 Å². The molecule has 0 saturated heterocycles. The van der Waals surface area contributed by atoms with Gasteiger partial charge in [-0.1, -0.05) is 19.4 Å². The van der Waals surface area contributed by atoms with E-state index in [2.05, 4.69) is 22.5 Å². The van der Waals surface area contributed by atoms with Crippen LogP contribution in [0.15, 0.2) is 24.3 Å². The smallest absolute Gasteiger partial charge is 0.287 e. The standard InChI is InChI=1S/C20H26N4O3/c1-3-4-11-21-20(26)18-23-17(16-10-5-6-12-24(16)18)19(25)22-14-8-7-9-15(13-14)27-2/h7-9,13H,3-6,10-12H2,1-2H3,(H,21,26)(H,22,25). The molecule has 2 N–H and O–H groups in total. The first-order chi connectivity index (χ1) is 13.1. The van der Waals surface area contributed by atoms with Crippen molar-refractivity contribution in [2.45, 2.75) is 45.6 Å². The Labute approximate surface area is 159 Å². The summed E-state index contributed by atoms with van der Waals surface area (Å²) >= 11 is 0. The molecule has 27 heavy (non-hydrogen) atoms. The van der Waals surface area contributed by atoms with E-state index < -0.39 is 0 Å². The molecule has 1 aliphatic rings. The highest BCUT2D eigenvalue weighted by atomic mass is 16.5. The number of methoxy groups -OCH3 is 1. The minimum Gasteiger partial charge on any atom is -0.497 e. The van der Waals surface area contributed by atoms with Crippen LogP contribution >= 0.6 is 0 Å². The van der Waals surface area contributed by atoms with Crippen LogP contribution in [0.3, 0.4) is 0 Å². The van der Waals surface area contributed by atoms with Gasteiger partial charge in [-0.15, -0.1) is 0 Å². The third kappa shape index (κ3) is 4.30. The predicted octanol–water partition coefficient (Wildman–Crippen LogP) is 3.01. The summed E-state index contributed by atoms with van der Waals surface area (Å²) in [5, 5.41) is 5.76. The van der Waals surface area contributed by atoms with Gasteiger partial charge in [0.05, 0.1) is 12.8 Å². The lowest BCUT2D eigenvalue weighted by Crippen LogP contribution is -2.28. The zero-order valence-corrected chi connectivity index (χ0v) is 15.9. The SMILES string of the molecule is CCCCNC(=O)c1nc(C(=O)Nc2cccc(OC)c2)c2n1CCCC2. The van der Waals surface area contributed by atoms with Crippen LogP contribution in [0.25, 0.3) is 0 Å². The van der Waals surface area contributed by atoms with Gasteiger partial charge in [0.2, 0.25) is 0 Å². The molecule has 0 fully saturated rings. The maximum Gasteiger partial charge on any atom is 0.287 e. The molecule has 2 heterocycles. The number of aromatic nitrogens is 2. The van der Waals surface area contributed by atoms with Crippen LogP contribution in [0.1, 0.15) is 59.4 Å². The summed E-state index contributed by atoms with van der Waals surface area (Å²) in [4.78, 5) is 29.8. The van der Waals surface area contributed by atoms with E-state index in [4.69, 9.17) is 4.74 Å². The first kappa shape index (κ1) is 18.9. The number of carbonyl (C=O) groups excluding carboxylic acids is 2. The van der Waals surface area contributed by atoms with Crippen molar-refractivity contribution in [3.8, 4) is 5.75 Å². The van der Waals surface area contributed by atoms with Crippen LogP contribution in [0.5, 0.6) is 5.75 Å². The maximum absolute atomic E-state index is 12.8. The Kier molecular flexibility index (Phi) is 6.11. The molecule has 0 aliphatic carbocycles. The Hall–Kier alpha value is -2.83. The largest absolute Gasteiger partial charge is 0.497 e. The Balaban J connectivity index is 1.84. The molecule has 0 saturated carbocycles. The van der Waals surface area contributed by atoms with Gasteiger partial charge in [-0.25, -0.2) is 4.98 Å². The van der Waals surface area contributed by atoms with Gasteiger partial charge in [0.1, 0.15) is 5.75 Å². The molecule has 0 unspecified atom stereocenters. The van der Waals surface area contributed by atoms with E-state index in [9.17, 15) is 9.59 Å². The van der Waals surface area contributed by atoms with Gasteiger partial charge >= 0.3 is 0 Å². The van der Waals surface area contributed by atoms with Crippen LogP contribution in [0.4, 0.5) is 5.69 Å². The number of amides is 2. The summed E-state index contributed by atoms with van der Waals surface area (Å²) in [5.41, 5.74) is 1.80. The number of hydrogen-bond donors (Lipinski definition) is 2. The number of hydrogen-bond acceptors (Lipinski definition) is 4. The van der Waals surface area contributed by atoms with Crippen molar-refractivity contribution in [3.05, 3.63) is 41.5 Å². The molecule has 0 radical (unpaired) electrons. The van der Waals surface area contributed by atoms with Gasteiger partial charge in [-0.2, -0.15) is 0 Å². The van der Waals surface area contributed by atoms with Crippen molar-refractivity contribution >= 4 is 17.5 Å². The molecule has 2 aromatic rings. The third-order valence-corrected chi connectivity index (χ3v) is 4.68. The zero-order valence-electron chi connectivity index (χ0n) is 15.9. The Morgan fingerprint density at radius 2 is 2.11 bits per heavy atom. The second-order valence-electron chi connectivity index (χ2n) is 6.63. The van der Waals surface area contributed by atoms with Crippen LogP contribution in [0.2, 0.25) is 0 Å². The number of ether oxygens (including phenoxy) is 1. The van der Waals surface area contributed by atoms with E-state index in [1.54, 1.807) is 19.2 Å². The number of nitrogens with one attached hydrogen (secondary N) is 2. The molecule has 1 aliphatic heterocycles. The summed E-state index contributed by atoms with van der Waals surface area (Å²) in [7, 11) is 1.58. The maximum atomic E-state index is 12.8. The molecule has 0 atom stereocenters. The van der Waals surface area contributed by atoms with Crippen molar-refractivity contribution in [1.82, 2.24) is 14.9 Å². The highest BCUT2D eigenvalue weighted by Crippen LogP contribution is 2.23. The molecular weight excluding hydrogens is 344 g/mol. The van der Waals surface area contributed by atoms with Crippen molar-refractivity contribution in [2.24, 2.45) is 0 Å². The summed E-state index contributed by atoms with van der Waals surface area (Å²) in [5.74, 6) is 0.473. The van der Waals surface area contributed by atoms with E-state index in [0.29, 0.717) is 36.0 Å². The average molecular weight is 370 g/mol. The van der Waals surface area contributed by atoms with Crippen LogP contribution in [0, 0.1) is 0 Å². The number of carbonyl (C=O) groups is 2. The molecule has 0 bridgehead atoms. The van der Waals surface area contributed by atoms with Crippen molar-refractivity contribution in [3.63, 3.8) is 0 Å². The van der Waals surface area contributed by atoms with Crippen molar-refractivity contribution in [1.29, 1.82) is 0 Å². The normalized spacial score (nSPS) is 13.0. The van der Waals surface area contributed by atoms with Gasteiger partial charge in [-0.05, 0) is 37.8 Å². The first-order valence-corrected chi connectivity index (χ1v) is 9.47. The van der Waals surface area contributed by atoms with Gasteiger partial charge in [-0.3, -0.25) is 9.59 Å². The van der Waals surface area contributed by atoms with Gasteiger partial charge < -0.3 is 19.9 Å². The highest BCUT2D eigenvalue weighted by molar-refractivity contribution is 6.05. The molecule has 0 spiro atoms. The van der Waals surface area contributed by atoms with Crippen LogP contribution in [-0.2, 0) is 13.0 Å². The lowest BCUT2D eigenvalue weighted by atomic mass is 10.1. The van der Waals surface area contributed by atoms with Crippen molar-refractivity contribution in [2.75, 3.05) is 19.0 Å². The summed E-state index contributed by atoms with van der Waals surface area (Å²) in [6.45, 7) is 3.40. The van der Waals surface area contributed by atoms with E-state index in [-0.39, 0.29) is 11.8 Å². The molecule has 2 amide bonds. The van der Waals surface area contributed by atoms with Crippen LogP contribution in [-0.4, -0.2) is 35.0 Å². The summed E-state index contributed by atoms with van der Waals surface area (Å²) < 4.78 is 7.09. The predicted molar refractivity (Wildman–Crippen MR) is 103 cm³/mol. The van der Waals surface area contributed by atoms with E-state index >= 15 is 0 Å². The van der Waals surface area contributed by atoms with Crippen LogP contribution < -0.4 is 15.4 Å². The number of anilines is 1. The highest BCUT2D eigenvalue weighted by Gasteiger charge is 2.27. The minimum atomic E-state index is -0.304. The molecule has 1 aromatic heterocycles. The summed E-state index contributed by atoms with van der Waals surface area (Å²) in [6.07, 6.45) is 4.64. The number of imidazole rings is 1. The zero-order chi connectivity index (χ0) is 19.2. The Morgan fingerprint density at radius 3 is 2.89 bits per heavy atom. The van der Waals surface area contributed by atoms with E-state index in [1.807, 2.05) is 16.7 Å². The second-order valence-corrected chi connectivity index (χ2v) is 6.63. The Morgan fingerprint density at radius 1 is 1.26 bits per heavy atom. The fraction of sp³-hybridized carbons (Fsp3) is 0.450. The number of benzene rings is 1. The number of nitrogens with zero attached hydrogens (tertiary/aromatic N) is 2. The fourth-order valence-corrected chi connectivity index (χ4v) is 3.25. The number of rotatable bonds is 7. The van der Waals surface area contributed by atoms with E-state index in [0.717, 1.165) is 37.8 Å². The molecule has 7 nitrogen and oxygen atoms in total. The van der Waals surface area contributed by atoms with Gasteiger partial charge in [0, 0.05) is 24.8 Å². The minimum absolute atomic E-state index is 0.216. The van der Waals surface area contributed by atoms with Gasteiger partial charge in [0.15, 0.2) is 11.5 Å². The molecule has 7 heteroatoms. The fourth-order valence-electron chi connectivity index (χ4n) is 3.25. The van der Waals surface area contributed by atoms with Gasteiger partial charge in [0.25, 0.3) is 11.8 Å². The number of fused-ring (bicyclic) bond motifs is 1. The molecular formula is C20H26N4O3. The Bertz CT molecular complexity index is 829. The average Bonchev–Trinajstić information content (AvgIpc) is 3.08. The lowest BCUT2D eigenvalue weighted by Gasteiger charge is -2.17. The number of unbranched alkanes of at least 4 members (excludes halogenated alkanes) is 1. The molecule has 1 aromatic carbocycles. The third-order valence-electron chi connectivity index (χ3n) is 4.68. The molecule has 144 valence electrons. The first-order valence-electron chi connectivity index (χ1n) is 9.47.